The van der Waals surface area contributed by atoms with Gasteiger partial charge in [-0.15, -0.1) is 0 Å². The van der Waals surface area contributed by atoms with Gasteiger partial charge >= 0.3 is 0 Å². The molecule has 0 heterocycles. The van der Waals surface area contributed by atoms with Gasteiger partial charge in [0.05, 0.1) is 0 Å². The van der Waals surface area contributed by atoms with Crippen LogP contribution < -0.4 is 10.1 Å². The normalized spacial score (nSPS) is 29.1. The molecule has 0 saturated heterocycles. The van der Waals surface area contributed by atoms with E-state index in [0.29, 0.717) is 18.4 Å². The van der Waals surface area contributed by atoms with Crippen molar-refractivity contribution in [2.45, 2.75) is 51.2 Å². The molecule has 2 aliphatic rings. The van der Waals surface area contributed by atoms with Gasteiger partial charge in [-0.1, -0.05) is 31.5 Å². The second kappa shape index (κ2) is 5.86. The Morgan fingerprint density at radius 3 is 2.70 bits per heavy atom. The smallest absolute Gasteiger partial charge is 0.261 e. The van der Waals surface area contributed by atoms with Crippen molar-refractivity contribution in [3.8, 4) is 5.75 Å². The van der Waals surface area contributed by atoms with E-state index in [9.17, 15) is 4.79 Å². The molecule has 1 N–H and O–H groups in total. The molecule has 1 aromatic carbocycles. The first-order chi connectivity index (χ1) is 9.76. The van der Waals surface area contributed by atoms with Crippen LogP contribution >= 0.6 is 0 Å². The summed E-state index contributed by atoms with van der Waals surface area (Å²) in [6, 6.07) is 9.98. The molecule has 0 aromatic heterocycles. The molecule has 2 aliphatic carbocycles. The molecule has 0 aliphatic heterocycles. The summed E-state index contributed by atoms with van der Waals surface area (Å²) >= 11 is 0. The van der Waals surface area contributed by atoms with Gasteiger partial charge in [-0.25, -0.2) is 0 Å². The van der Waals surface area contributed by atoms with Crippen molar-refractivity contribution in [1.29, 1.82) is 0 Å². The van der Waals surface area contributed by atoms with Gasteiger partial charge in [-0.05, 0) is 49.7 Å². The van der Waals surface area contributed by atoms with Crippen LogP contribution in [0.4, 0.5) is 0 Å². The quantitative estimate of drug-likeness (QED) is 0.895. The van der Waals surface area contributed by atoms with Gasteiger partial charge < -0.3 is 10.1 Å². The van der Waals surface area contributed by atoms with E-state index < -0.39 is 0 Å². The lowest BCUT2D eigenvalue weighted by Gasteiger charge is -2.25. The van der Waals surface area contributed by atoms with E-state index in [2.05, 4.69) is 5.32 Å². The third-order valence-corrected chi connectivity index (χ3v) is 4.75. The van der Waals surface area contributed by atoms with Gasteiger partial charge in [0.25, 0.3) is 5.91 Å². The molecule has 2 fully saturated rings. The Kier molecular flexibility index (Phi) is 3.95. The summed E-state index contributed by atoms with van der Waals surface area (Å²) in [4.78, 5) is 12.4. The molecule has 3 rings (SSSR count). The van der Waals surface area contributed by atoms with Gasteiger partial charge in [0, 0.05) is 6.04 Å². The highest BCUT2D eigenvalue weighted by Crippen LogP contribution is 2.44. The number of hydrogen-bond donors (Lipinski definition) is 1. The van der Waals surface area contributed by atoms with E-state index in [1.54, 1.807) is 0 Å². The second-order valence-electron chi connectivity index (χ2n) is 6.12. The minimum absolute atomic E-state index is 0.0499. The van der Waals surface area contributed by atoms with Crippen LogP contribution in [0.5, 0.6) is 5.75 Å². The molecule has 3 heteroatoms. The third kappa shape index (κ3) is 2.82. The Morgan fingerprint density at radius 1 is 1.30 bits per heavy atom. The largest absolute Gasteiger partial charge is 0.481 e. The highest BCUT2D eigenvalue weighted by molar-refractivity contribution is 5.81. The van der Waals surface area contributed by atoms with E-state index in [0.717, 1.165) is 18.1 Å². The predicted molar refractivity (Wildman–Crippen MR) is 78.5 cm³/mol. The maximum absolute atomic E-state index is 12.4. The van der Waals surface area contributed by atoms with E-state index in [1.807, 2.05) is 37.3 Å². The molecule has 2 saturated carbocycles. The zero-order chi connectivity index (χ0) is 13.9. The summed E-state index contributed by atoms with van der Waals surface area (Å²) in [5, 5.41) is 3.22. The molecular weight excluding hydrogens is 250 g/mol. The Morgan fingerprint density at radius 2 is 2.10 bits per heavy atom. The number of carbonyl (C=O) groups excluding carboxylic acids is 1. The van der Waals surface area contributed by atoms with Gasteiger partial charge in [-0.2, -0.15) is 0 Å². The average Bonchev–Trinajstić information content (AvgIpc) is 3.08. The van der Waals surface area contributed by atoms with Crippen molar-refractivity contribution < 1.29 is 9.53 Å². The van der Waals surface area contributed by atoms with Crippen LogP contribution in [0.25, 0.3) is 0 Å². The number of rotatable bonds is 5. The maximum Gasteiger partial charge on any atom is 0.261 e. The summed E-state index contributed by atoms with van der Waals surface area (Å²) in [5.41, 5.74) is 0. The number of nitrogens with one attached hydrogen (secondary N) is 1. The summed E-state index contributed by atoms with van der Waals surface area (Å²) in [6.07, 6.45) is 5.43. The van der Waals surface area contributed by atoms with Crippen LogP contribution in [0.2, 0.25) is 0 Å². The first-order valence-electron chi connectivity index (χ1n) is 7.78. The predicted octanol–water partition coefficient (Wildman–Crippen LogP) is 3.15. The lowest BCUT2D eigenvalue weighted by atomic mass is 9.95. The fourth-order valence-electron chi connectivity index (χ4n) is 3.68. The van der Waals surface area contributed by atoms with Crippen LogP contribution in [0.15, 0.2) is 30.3 Å². The zero-order valence-electron chi connectivity index (χ0n) is 12.0. The van der Waals surface area contributed by atoms with Gasteiger partial charge in [0.2, 0.25) is 0 Å². The van der Waals surface area contributed by atoms with E-state index in [4.69, 9.17) is 4.74 Å². The van der Waals surface area contributed by atoms with Gasteiger partial charge in [-0.3, -0.25) is 4.79 Å². The first-order valence-corrected chi connectivity index (χ1v) is 7.78. The molecule has 2 bridgehead atoms. The van der Waals surface area contributed by atoms with Crippen molar-refractivity contribution in [1.82, 2.24) is 5.32 Å². The maximum atomic E-state index is 12.4. The highest BCUT2D eigenvalue weighted by atomic mass is 16.5. The molecule has 0 radical (unpaired) electrons. The lowest BCUT2D eigenvalue weighted by Crippen LogP contribution is -2.45. The van der Waals surface area contributed by atoms with Crippen molar-refractivity contribution in [3.05, 3.63) is 30.3 Å². The fourth-order valence-corrected chi connectivity index (χ4v) is 3.68. The first kappa shape index (κ1) is 13.5. The van der Waals surface area contributed by atoms with Crippen molar-refractivity contribution in [2.75, 3.05) is 0 Å². The van der Waals surface area contributed by atoms with E-state index in [-0.39, 0.29) is 12.0 Å². The SMILES string of the molecule is CC[C@H](Oc1ccccc1)C(=O)N[C@@H]1C[C@H]2CC[C@H]1C2. The third-order valence-electron chi connectivity index (χ3n) is 4.75. The minimum atomic E-state index is -0.378. The molecule has 0 spiro atoms. The van der Waals surface area contributed by atoms with Crippen molar-refractivity contribution >= 4 is 5.91 Å². The van der Waals surface area contributed by atoms with Gasteiger partial charge in [0.1, 0.15) is 5.75 Å². The highest BCUT2D eigenvalue weighted by Gasteiger charge is 2.40. The Labute approximate surface area is 120 Å². The Bertz CT molecular complexity index is 459. The molecule has 4 atom stereocenters. The Balaban J connectivity index is 1.57. The topological polar surface area (TPSA) is 38.3 Å². The van der Waals surface area contributed by atoms with Crippen LogP contribution in [0.3, 0.4) is 0 Å². The number of fused-ring (bicyclic) bond motifs is 2. The summed E-state index contributed by atoms with van der Waals surface area (Å²) in [5.74, 6) is 2.37. The van der Waals surface area contributed by atoms with Crippen molar-refractivity contribution in [3.63, 3.8) is 0 Å². The second-order valence-corrected chi connectivity index (χ2v) is 6.12. The lowest BCUT2D eigenvalue weighted by molar-refractivity contribution is -0.129. The number of benzene rings is 1. The number of para-hydroxylation sites is 1. The molecule has 1 aromatic rings. The molecule has 1 amide bonds. The van der Waals surface area contributed by atoms with Crippen LogP contribution in [0.1, 0.15) is 39.0 Å². The number of hydrogen-bond acceptors (Lipinski definition) is 2. The number of carbonyl (C=O) groups is 1. The molecule has 108 valence electrons. The number of amides is 1. The van der Waals surface area contributed by atoms with E-state index in [1.165, 1.54) is 19.3 Å². The minimum Gasteiger partial charge on any atom is -0.481 e. The molecular formula is C17H23NO2. The molecule has 3 nitrogen and oxygen atoms in total. The summed E-state index contributed by atoms with van der Waals surface area (Å²) in [7, 11) is 0. The number of ether oxygens (including phenoxy) is 1. The molecule has 20 heavy (non-hydrogen) atoms. The zero-order valence-corrected chi connectivity index (χ0v) is 12.0. The summed E-state index contributed by atoms with van der Waals surface area (Å²) in [6.45, 7) is 1.99. The van der Waals surface area contributed by atoms with Crippen LogP contribution in [-0.4, -0.2) is 18.1 Å². The van der Waals surface area contributed by atoms with E-state index >= 15 is 0 Å². The van der Waals surface area contributed by atoms with Crippen LogP contribution in [0, 0.1) is 11.8 Å². The average molecular weight is 273 g/mol. The monoisotopic (exact) mass is 273 g/mol. The van der Waals surface area contributed by atoms with Gasteiger partial charge in [0.15, 0.2) is 6.10 Å². The summed E-state index contributed by atoms with van der Waals surface area (Å²) < 4.78 is 5.80. The fraction of sp³-hybridized carbons (Fsp3) is 0.588. The standard InChI is InChI=1S/C17H23NO2/c1-2-16(20-14-6-4-3-5-7-14)17(19)18-15-11-12-8-9-13(15)10-12/h3-7,12-13,15-16H,2,8-11H2,1H3,(H,18,19)/t12-,13-,15+,16-/m0/s1. The van der Waals surface area contributed by atoms with Crippen molar-refractivity contribution in [2.24, 2.45) is 11.8 Å². The Hall–Kier alpha value is -1.51. The van der Waals surface area contributed by atoms with Crippen LogP contribution in [-0.2, 0) is 4.79 Å². The molecule has 0 unspecified atom stereocenters.